The van der Waals surface area contributed by atoms with Gasteiger partial charge in [-0.15, -0.1) is 0 Å². The number of fused-ring (bicyclic) bond motifs is 1. The van der Waals surface area contributed by atoms with Gasteiger partial charge in [0.25, 0.3) is 5.78 Å². The van der Waals surface area contributed by atoms with Crippen molar-refractivity contribution in [2.75, 3.05) is 11.5 Å². The molecule has 0 spiro atoms. The first-order chi connectivity index (χ1) is 16.9. The van der Waals surface area contributed by atoms with E-state index in [2.05, 4.69) is 4.98 Å². The SMILES string of the molecule is CCOc1ccc(/C(O)=C2\C(=O)C(=O)N(c3nc4ccc(F)cc4s3)C2c2cccc(O)c2)cc1. The summed E-state index contributed by atoms with van der Waals surface area (Å²) in [5.74, 6) is -2.07. The Morgan fingerprint density at radius 3 is 2.60 bits per heavy atom. The number of hydrogen-bond acceptors (Lipinski definition) is 7. The number of halogens is 1. The van der Waals surface area contributed by atoms with Gasteiger partial charge in [-0.05, 0) is 67.1 Å². The van der Waals surface area contributed by atoms with E-state index < -0.39 is 23.5 Å². The number of aromatic nitrogens is 1. The molecule has 35 heavy (non-hydrogen) atoms. The van der Waals surface area contributed by atoms with Crippen LogP contribution in [0.1, 0.15) is 24.1 Å². The molecule has 176 valence electrons. The van der Waals surface area contributed by atoms with Crippen molar-refractivity contribution in [3.05, 3.63) is 89.2 Å². The van der Waals surface area contributed by atoms with Crippen LogP contribution in [0, 0.1) is 5.82 Å². The average Bonchev–Trinajstić information content (AvgIpc) is 3.37. The van der Waals surface area contributed by atoms with Gasteiger partial charge in [-0.3, -0.25) is 14.5 Å². The van der Waals surface area contributed by atoms with E-state index in [4.69, 9.17) is 4.74 Å². The molecule has 2 N–H and O–H groups in total. The Morgan fingerprint density at radius 2 is 1.89 bits per heavy atom. The second kappa shape index (κ2) is 8.84. The molecule has 1 fully saturated rings. The lowest BCUT2D eigenvalue weighted by Crippen LogP contribution is -2.29. The van der Waals surface area contributed by atoms with Crippen LogP contribution < -0.4 is 9.64 Å². The number of aromatic hydroxyl groups is 1. The topological polar surface area (TPSA) is 100.0 Å². The monoisotopic (exact) mass is 490 g/mol. The first kappa shape index (κ1) is 22.5. The number of Topliss-reactive ketones (excluding diaryl/α,β-unsaturated/α-hetero) is 1. The largest absolute Gasteiger partial charge is 0.508 e. The fraction of sp³-hybridized carbons (Fsp3) is 0.115. The van der Waals surface area contributed by atoms with Crippen LogP contribution in [-0.2, 0) is 9.59 Å². The van der Waals surface area contributed by atoms with Gasteiger partial charge >= 0.3 is 5.91 Å². The van der Waals surface area contributed by atoms with Gasteiger partial charge in [-0.25, -0.2) is 9.37 Å². The van der Waals surface area contributed by atoms with E-state index in [1.807, 2.05) is 6.92 Å². The molecule has 1 aliphatic heterocycles. The third-order valence-electron chi connectivity index (χ3n) is 5.61. The minimum absolute atomic E-state index is 0.0690. The van der Waals surface area contributed by atoms with Gasteiger partial charge in [0, 0.05) is 5.56 Å². The number of carbonyl (C=O) groups excluding carboxylic acids is 2. The highest BCUT2D eigenvalue weighted by Crippen LogP contribution is 2.44. The van der Waals surface area contributed by atoms with Crippen LogP contribution >= 0.6 is 11.3 Å². The zero-order valence-electron chi connectivity index (χ0n) is 18.4. The zero-order chi connectivity index (χ0) is 24.7. The maximum atomic E-state index is 13.7. The molecule has 3 aromatic carbocycles. The average molecular weight is 491 g/mol. The van der Waals surface area contributed by atoms with Crippen LogP contribution in [0.4, 0.5) is 9.52 Å². The van der Waals surface area contributed by atoms with Crippen molar-refractivity contribution in [1.29, 1.82) is 0 Å². The number of thiazole rings is 1. The predicted octanol–water partition coefficient (Wildman–Crippen LogP) is 5.17. The Labute approximate surface area is 203 Å². The minimum atomic E-state index is -1.06. The maximum absolute atomic E-state index is 13.7. The Bertz CT molecular complexity index is 1500. The van der Waals surface area contributed by atoms with E-state index in [0.717, 1.165) is 11.3 Å². The molecule has 7 nitrogen and oxygen atoms in total. The lowest BCUT2D eigenvalue weighted by Gasteiger charge is -2.23. The van der Waals surface area contributed by atoms with Crippen molar-refractivity contribution in [2.45, 2.75) is 13.0 Å². The summed E-state index contributed by atoms with van der Waals surface area (Å²) in [6.45, 7) is 2.32. The predicted molar refractivity (Wildman–Crippen MR) is 130 cm³/mol. The molecule has 1 unspecified atom stereocenters. The molecule has 1 saturated heterocycles. The summed E-state index contributed by atoms with van der Waals surface area (Å²) in [6, 6.07) is 15.6. The molecule has 1 aromatic heterocycles. The quantitative estimate of drug-likeness (QED) is 0.228. The molecule has 2 heterocycles. The molecule has 1 aliphatic rings. The van der Waals surface area contributed by atoms with Gasteiger partial charge in [0.05, 0.1) is 28.4 Å². The van der Waals surface area contributed by atoms with Gasteiger partial charge in [0.2, 0.25) is 0 Å². The van der Waals surface area contributed by atoms with E-state index in [0.29, 0.717) is 33.7 Å². The van der Waals surface area contributed by atoms with Gasteiger partial charge in [0.1, 0.15) is 23.1 Å². The number of amides is 1. The third-order valence-corrected chi connectivity index (χ3v) is 6.63. The molecular formula is C26H19FN2O5S. The standard InChI is InChI=1S/C26H19FN2O5S/c1-2-34-18-9-6-14(7-10-18)23(31)21-22(15-4-3-5-17(30)12-15)29(25(33)24(21)32)26-28-19-11-8-16(27)13-20(19)35-26/h3-13,22,30-31H,2H2,1H3/b23-21+. The molecule has 0 saturated carbocycles. The summed E-state index contributed by atoms with van der Waals surface area (Å²) in [4.78, 5) is 32.1. The Kier molecular flexibility index (Phi) is 5.70. The number of anilines is 1. The smallest absolute Gasteiger partial charge is 0.301 e. The molecule has 0 radical (unpaired) electrons. The number of ether oxygens (including phenoxy) is 1. The highest BCUT2D eigenvalue weighted by molar-refractivity contribution is 7.22. The number of benzene rings is 3. The number of hydrogen-bond donors (Lipinski definition) is 2. The van der Waals surface area contributed by atoms with Crippen LogP contribution in [0.5, 0.6) is 11.5 Å². The van der Waals surface area contributed by atoms with Crippen molar-refractivity contribution in [1.82, 2.24) is 4.98 Å². The number of phenolic OH excluding ortho intramolecular Hbond substituents is 1. The first-order valence-corrected chi connectivity index (χ1v) is 11.6. The van der Waals surface area contributed by atoms with Crippen molar-refractivity contribution >= 4 is 44.1 Å². The number of nitrogens with zero attached hydrogens (tertiary/aromatic N) is 2. The Hall–Kier alpha value is -4.24. The highest BCUT2D eigenvalue weighted by Gasteiger charge is 2.48. The fourth-order valence-electron chi connectivity index (χ4n) is 4.06. The van der Waals surface area contributed by atoms with Crippen molar-refractivity contribution in [2.24, 2.45) is 0 Å². The van der Waals surface area contributed by atoms with Crippen LogP contribution in [-0.4, -0.2) is 33.5 Å². The second-order valence-electron chi connectivity index (χ2n) is 7.83. The highest BCUT2D eigenvalue weighted by atomic mass is 32.1. The summed E-state index contributed by atoms with van der Waals surface area (Å²) in [7, 11) is 0. The van der Waals surface area contributed by atoms with Crippen molar-refractivity contribution in [3.63, 3.8) is 0 Å². The molecule has 0 bridgehead atoms. The van der Waals surface area contributed by atoms with Crippen LogP contribution in [0.3, 0.4) is 0 Å². The molecule has 9 heteroatoms. The van der Waals surface area contributed by atoms with Gasteiger partial charge in [-0.2, -0.15) is 0 Å². The molecular weight excluding hydrogens is 471 g/mol. The number of ketones is 1. The van der Waals surface area contributed by atoms with E-state index in [1.54, 1.807) is 36.4 Å². The number of carbonyl (C=O) groups is 2. The van der Waals surface area contributed by atoms with E-state index in [1.165, 1.54) is 35.2 Å². The van der Waals surface area contributed by atoms with Gasteiger partial charge < -0.3 is 14.9 Å². The maximum Gasteiger partial charge on any atom is 0.301 e. The van der Waals surface area contributed by atoms with Crippen LogP contribution in [0.15, 0.2) is 72.3 Å². The zero-order valence-corrected chi connectivity index (χ0v) is 19.3. The molecule has 0 aliphatic carbocycles. The first-order valence-electron chi connectivity index (χ1n) is 10.8. The number of aliphatic hydroxyl groups is 1. The number of phenols is 1. The molecule has 1 atom stereocenters. The lowest BCUT2D eigenvalue weighted by atomic mass is 9.95. The van der Waals surface area contributed by atoms with Crippen LogP contribution in [0.2, 0.25) is 0 Å². The lowest BCUT2D eigenvalue weighted by molar-refractivity contribution is -0.132. The van der Waals surface area contributed by atoms with Crippen molar-refractivity contribution < 1.29 is 28.9 Å². The summed E-state index contributed by atoms with van der Waals surface area (Å²) >= 11 is 1.05. The van der Waals surface area contributed by atoms with E-state index in [9.17, 15) is 24.2 Å². The van der Waals surface area contributed by atoms with Crippen molar-refractivity contribution in [3.8, 4) is 11.5 Å². The number of rotatable bonds is 5. The Balaban J connectivity index is 1.69. The van der Waals surface area contributed by atoms with E-state index >= 15 is 0 Å². The minimum Gasteiger partial charge on any atom is -0.508 e. The number of aliphatic hydroxyl groups excluding tert-OH is 1. The fourth-order valence-corrected chi connectivity index (χ4v) is 5.08. The summed E-state index contributed by atoms with van der Waals surface area (Å²) < 4.78 is 19.7. The molecule has 4 aromatic rings. The molecule has 5 rings (SSSR count). The third kappa shape index (κ3) is 4.00. The Morgan fingerprint density at radius 1 is 1.11 bits per heavy atom. The summed E-state index contributed by atoms with van der Waals surface area (Å²) in [5, 5.41) is 21.4. The normalized spacial score (nSPS) is 17.3. The van der Waals surface area contributed by atoms with Gasteiger partial charge in [-0.1, -0.05) is 23.5 Å². The summed E-state index contributed by atoms with van der Waals surface area (Å²) in [5.41, 5.74) is 1.05. The molecule has 1 amide bonds. The van der Waals surface area contributed by atoms with E-state index in [-0.39, 0.29) is 22.2 Å². The summed E-state index contributed by atoms with van der Waals surface area (Å²) in [6.07, 6.45) is 0. The van der Waals surface area contributed by atoms with Crippen LogP contribution in [0.25, 0.3) is 16.0 Å². The second-order valence-corrected chi connectivity index (χ2v) is 8.84. The van der Waals surface area contributed by atoms with Gasteiger partial charge in [0.15, 0.2) is 5.13 Å².